The number of carboxylic acids is 1. The Morgan fingerprint density at radius 2 is 1.33 bits per heavy atom. The summed E-state index contributed by atoms with van der Waals surface area (Å²) in [6.07, 6.45) is -0.391. The van der Waals surface area contributed by atoms with Gasteiger partial charge in [0, 0.05) is 55.6 Å². The largest absolute Gasteiger partial charge is 0.550 e. The van der Waals surface area contributed by atoms with Gasteiger partial charge in [-0.05, 0) is 55.0 Å². The predicted molar refractivity (Wildman–Crippen MR) is 100 cm³/mol. The van der Waals surface area contributed by atoms with Crippen LogP contribution in [0.5, 0.6) is 0 Å². The number of rotatable bonds is 6. The summed E-state index contributed by atoms with van der Waals surface area (Å²) in [6.45, 7) is 3.37. The lowest BCUT2D eigenvalue weighted by Gasteiger charge is -2.37. The molecule has 1 aliphatic rings. The van der Waals surface area contributed by atoms with Crippen molar-refractivity contribution >= 4 is 28.9 Å². The molecule has 142 valence electrons. The minimum atomic E-state index is -1.24. The smallest absolute Gasteiger partial charge is 0.224 e. The summed E-state index contributed by atoms with van der Waals surface area (Å²) in [5, 5.41) is 13.1. The zero-order valence-electron chi connectivity index (χ0n) is 14.9. The highest BCUT2D eigenvalue weighted by Crippen LogP contribution is 2.22. The van der Waals surface area contributed by atoms with Crippen molar-refractivity contribution < 1.29 is 19.1 Å². The number of benzene rings is 2. The van der Waals surface area contributed by atoms with Crippen molar-refractivity contribution in [3.05, 3.63) is 54.3 Å². The minimum Gasteiger partial charge on any atom is -0.550 e. The third-order valence-corrected chi connectivity index (χ3v) is 4.54. The van der Waals surface area contributed by atoms with E-state index in [0.717, 1.165) is 37.6 Å². The van der Waals surface area contributed by atoms with Crippen molar-refractivity contribution in [2.45, 2.75) is 12.8 Å². The standard InChI is InChI=1S/C20H22FN3O3/c21-15-1-5-17(6-2-15)23-11-13-24(14-12-23)18-7-3-16(4-8-18)22-19(25)9-10-20(26)27/h1-8H,9-14H2,(H,22,25)(H,26,27)/p-1. The lowest BCUT2D eigenvalue weighted by molar-refractivity contribution is -0.305. The highest BCUT2D eigenvalue weighted by Gasteiger charge is 2.17. The summed E-state index contributed by atoms with van der Waals surface area (Å²) in [5.41, 5.74) is 2.71. The summed E-state index contributed by atoms with van der Waals surface area (Å²) in [6, 6.07) is 14.0. The molecule has 0 atom stereocenters. The molecule has 1 saturated heterocycles. The number of piperazine rings is 1. The van der Waals surface area contributed by atoms with Crippen LogP contribution in [0.3, 0.4) is 0 Å². The Morgan fingerprint density at radius 1 is 0.852 bits per heavy atom. The number of carbonyl (C=O) groups excluding carboxylic acids is 2. The van der Waals surface area contributed by atoms with Gasteiger partial charge in [-0.2, -0.15) is 0 Å². The molecule has 1 N–H and O–H groups in total. The van der Waals surface area contributed by atoms with Crippen molar-refractivity contribution in [3.8, 4) is 0 Å². The summed E-state index contributed by atoms with van der Waals surface area (Å²) in [5.74, 6) is -1.82. The van der Waals surface area contributed by atoms with Crippen LogP contribution in [0.4, 0.5) is 21.5 Å². The van der Waals surface area contributed by atoms with Crippen molar-refractivity contribution in [1.82, 2.24) is 0 Å². The first-order valence-corrected chi connectivity index (χ1v) is 8.86. The van der Waals surface area contributed by atoms with Gasteiger partial charge in [-0.3, -0.25) is 4.79 Å². The summed E-state index contributed by atoms with van der Waals surface area (Å²) in [7, 11) is 0. The Balaban J connectivity index is 1.52. The zero-order valence-corrected chi connectivity index (χ0v) is 14.9. The molecule has 0 saturated carbocycles. The normalized spacial score (nSPS) is 14.1. The second-order valence-electron chi connectivity index (χ2n) is 6.42. The molecular weight excluding hydrogens is 349 g/mol. The molecule has 27 heavy (non-hydrogen) atoms. The Bertz CT molecular complexity index is 785. The first-order chi connectivity index (χ1) is 13.0. The first kappa shape index (κ1) is 18.7. The van der Waals surface area contributed by atoms with Crippen molar-refractivity contribution in [2.24, 2.45) is 0 Å². The van der Waals surface area contributed by atoms with Crippen LogP contribution in [0.2, 0.25) is 0 Å². The molecule has 0 radical (unpaired) electrons. The number of hydrogen-bond acceptors (Lipinski definition) is 5. The van der Waals surface area contributed by atoms with E-state index in [9.17, 15) is 19.1 Å². The highest BCUT2D eigenvalue weighted by atomic mass is 19.1. The quantitative estimate of drug-likeness (QED) is 0.836. The van der Waals surface area contributed by atoms with Gasteiger partial charge in [-0.15, -0.1) is 0 Å². The van der Waals surface area contributed by atoms with Gasteiger partial charge in [-0.1, -0.05) is 0 Å². The van der Waals surface area contributed by atoms with Gasteiger partial charge in [0.25, 0.3) is 0 Å². The van der Waals surface area contributed by atoms with E-state index in [1.54, 1.807) is 24.3 Å². The van der Waals surface area contributed by atoms with Gasteiger partial charge in [0.05, 0.1) is 0 Å². The number of anilines is 3. The molecule has 1 heterocycles. The number of hydrogen-bond donors (Lipinski definition) is 1. The molecular formula is C20H21FN3O3-. The summed E-state index contributed by atoms with van der Waals surface area (Å²) < 4.78 is 13.0. The Hall–Kier alpha value is -3.09. The molecule has 0 unspecified atom stereocenters. The fraction of sp³-hybridized carbons (Fsp3) is 0.300. The molecule has 1 aliphatic heterocycles. The molecule has 2 aromatic rings. The van der Waals surface area contributed by atoms with Crippen LogP contribution in [0.1, 0.15) is 12.8 Å². The first-order valence-electron chi connectivity index (χ1n) is 8.86. The summed E-state index contributed by atoms with van der Waals surface area (Å²) in [4.78, 5) is 26.5. The lowest BCUT2D eigenvalue weighted by Crippen LogP contribution is -2.46. The molecule has 0 spiro atoms. The van der Waals surface area contributed by atoms with Gasteiger partial charge in [0.1, 0.15) is 5.82 Å². The summed E-state index contributed by atoms with van der Waals surface area (Å²) >= 11 is 0. The van der Waals surface area contributed by atoms with Crippen molar-refractivity contribution in [3.63, 3.8) is 0 Å². The van der Waals surface area contributed by atoms with Gasteiger partial charge >= 0.3 is 0 Å². The van der Waals surface area contributed by atoms with Crippen LogP contribution in [-0.2, 0) is 9.59 Å². The second-order valence-corrected chi connectivity index (χ2v) is 6.42. The molecule has 1 fully saturated rings. The number of aliphatic carboxylic acids is 1. The van der Waals surface area contributed by atoms with E-state index >= 15 is 0 Å². The zero-order chi connectivity index (χ0) is 19.2. The van der Waals surface area contributed by atoms with E-state index in [1.807, 2.05) is 12.1 Å². The van der Waals surface area contributed by atoms with E-state index < -0.39 is 5.97 Å². The number of carbonyl (C=O) groups is 2. The van der Waals surface area contributed by atoms with Crippen LogP contribution in [0, 0.1) is 5.82 Å². The maximum atomic E-state index is 13.0. The Kier molecular flexibility index (Phi) is 5.90. The molecule has 1 amide bonds. The van der Waals surface area contributed by atoms with E-state index in [0.29, 0.717) is 5.69 Å². The molecule has 2 aromatic carbocycles. The minimum absolute atomic E-state index is 0.102. The van der Waals surface area contributed by atoms with Crippen LogP contribution in [-0.4, -0.2) is 38.1 Å². The second kappa shape index (κ2) is 8.53. The van der Waals surface area contributed by atoms with Crippen LogP contribution in [0.15, 0.2) is 48.5 Å². The molecule has 0 aliphatic carbocycles. The predicted octanol–water partition coefficient (Wildman–Crippen LogP) is 1.62. The molecule has 0 bridgehead atoms. The number of nitrogens with one attached hydrogen (secondary N) is 1. The number of amides is 1. The van der Waals surface area contributed by atoms with E-state index in [1.165, 1.54) is 12.1 Å². The average Bonchev–Trinajstić information content (AvgIpc) is 2.68. The highest BCUT2D eigenvalue weighted by molar-refractivity contribution is 5.92. The average molecular weight is 370 g/mol. The monoisotopic (exact) mass is 370 g/mol. The van der Waals surface area contributed by atoms with Gasteiger partial charge in [-0.25, -0.2) is 4.39 Å². The van der Waals surface area contributed by atoms with Crippen LogP contribution in [0.25, 0.3) is 0 Å². The van der Waals surface area contributed by atoms with Crippen LogP contribution >= 0.6 is 0 Å². The lowest BCUT2D eigenvalue weighted by atomic mass is 10.2. The molecule has 0 aromatic heterocycles. The number of carboxylic acid groups (broad SMARTS) is 1. The van der Waals surface area contributed by atoms with Crippen LogP contribution < -0.4 is 20.2 Å². The fourth-order valence-corrected chi connectivity index (χ4v) is 3.07. The van der Waals surface area contributed by atoms with Crippen molar-refractivity contribution in [2.75, 3.05) is 41.3 Å². The molecule has 7 heteroatoms. The molecule has 3 rings (SSSR count). The topological polar surface area (TPSA) is 75.7 Å². The maximum Gasteiger partial charge on any atom is 0.224 e. The Labute approximate surface area is 157 Å². The van der Waals surface area contributed by atoms with Crippen molar-refractivity contribution in [1.29, 1.82) is 0 Å². The van der Waals surface area contributed by atoms with E-state index in [4.69, 9.17) is 0 Å². The third-order valence-electron chi connectivity index (χ3n) is 4.54. The SMILES string of the molecule is O=C([O-])CCC(=O)Nc1ccc(N2CCN(c3ccc(F)cc3)CC2)cc1. The maximum absolute atomic E-state index is 13.0. The fourth-order valence-electron chi connectivity index (χ4n) is 3.07. The van der Waals surface area contributed by atoms with Gasteiger partial charge < -0.3 is 25.0 Å². The van der Waals surface area contributed by atoms with Gasteiger partial charge in [0.2, 0.25) is 5.91 Å². The molecule has 6 nitrogen and oxygen atoms in total. The number of nitrogens with zero attached hydrogens (tertiary/aromatic N) is 2. The number of halogens is 1. The Morgan fingerprint density at radius 3 is 1.81 bits per heavy atom. The van der Waals surface area contributed by atoms with E-state index in [-0.39, 0.29) is 24.6 Å². The van der Waals surface area contributed by atoms with Gasteiger partial charge in [0.15, 0.2) is 0 Å². The third kappa shape index (κ3) is 5.20. The van der Waals surface area contributed by atoms with E-state index in [2.05, 4.69) is 15.1 Å².